The van der Waals surface area contributed by atoms with E-state index in [-0.39, 0.29) is 0 Å². The highest BCUT2D eigenvalue weighted by molar-refractivity contribution is 6.35. The van der Waals surface area contributed by atoms with E-state index in [1.807, 2.05) is 25.1 Å². The number of aromatic nitrogens is 2. The number of nitrogens with zero attached hydrogens (tertiary/aromatic N) is 1. The van der Waals surface area contributed by atoms with E-state index >= 15 is 0 Å². The summed E-state index contributed by atoms with van der Waals surface area (Å²) in [5, 5.41) is 2.44. The van der Waals surface area contributed by atoms with Crippen LogP contribution in [0.5, 0.6) is 0 Å². The Labute approximate surface area is 154 Å². The highest BCUT2D eigenvalue weighted by Gasteiger charge is 2.13. The van der Waals surface area contributed by atoms with Crippen molar-refractivity contribution in [2.24, 2.45) is 0 Å². The number of benzene rings is 2. The molecule has 1 heterocycles. The van der Waals surface area contributed by atoms with Gasteiger partial charge in [-0.15, -0.1) is 0 Å². The van der Waals surface area contributed by atoms with Crippen molar-refractivity contribution in [3.63, 3.8) is 0 Å². The summed E-state index contributed by atoms with van der Waals surface area (Å²) < 4.78 is 0. The first kappa shape index (κ1) is 16.7. The minimum Gasteiger partial charge on any atom is -0.345 e. The first-order chi connectivity index (χ1) is 10.9. The molecular formula is C17H12Cl4N2. The predicted molar refractivity (Wildman–Crippen MR) is 98.0 cm³/mol. The first-order valence-corrected chi connectivity index (χ1v) is 8.39. The Balaban J connectivity index is 1.96. The molecular weight excluding hydrogens is 374 g/mol. The lowest BCUT2D eigenvalue weighted by Crippen LogP contribution is -1.91. The zero-order chi connectivity index (χ0) is 16.6. The lowest BCUT2D eigenvalue weighted by Gasteiger charge is -2.03. The average Bonchev–Trinajstić information content (AvgIpc) is 2.81. The van der Waals surface area contributed by atoms with Crippen molar-refractivity contribution in [3.05, 3.63) is 73.6 Å². The molecule has 1 aromatic heterocycles. The van der Waals surface area contributed by atoms with Crippen LogP contribution in [-0.2, 0) is 6.42 Å². The number of hydrogen-bond acceptors (Lipinski definition) is 1. The van der Waals surface area contributed by atoms with Gasteiger partial charge in [0.15, 0.2) is 0 Å². The molecule has 0 bridgehead atoms. The Morgan fingerprint density at radius 2 is 1.61 bits per heavy atom. The Morgan fingerprint density at radius 3 is 2.30 bits per heavy atom. The fraction of sp³-hybridized carbons (Fsp3) is 0.118. The van der Waals surface area contributed by atoms with E-state index in [0.29, 0.717) is 26.5 Å². The van der Waals surface area contributed by atoms with E-state index in [9.17, 15) is 0 Å². The summed E-state index contributed by atoms with van der Waals surface area (Å²) in [5.41, 5.74) is 3.52. The lowest BCUT2D eigenvalue weighted by molar-refractivity contribution is 1.02. The average molecular weight is 386 g/mol. The Morgan fingerprint density at radius 1 is 0.913 bits per heavy atom. The molecule has 0 unspecified atom stereocenters. The van der Waals surface area contributed by atoms with Crippen LogP contribution in [0.25, 0.3) is 11.3 Å². The van der Waals surface area contributed by atoms with E-state index in [1.54, 1.807) is 18.2 Å². The normalized spacial score (nSPS) is 11.0. The summed E-state index contributed by atoms with van der Waals surface area (Å²) in [6, 6.07) is 10.8. The summed E-state index contributed by atoms with van der Waals surface area (Å²) >= 11 is 24.4. The predicted octanol–water partition coefficient (Wildman–Crippen LogP) is 6.59. The number of aryl methyl sites for hydroxylation is 1. The highest BCUT2D eigenvalue weighted by Crippen LogP contribution is 2.31. The van der Waals surface area contributed by atoms with Crippen LogP contribution < -0.4 is 0 Å². The van der Waals surface area contributed by atoms with Gasteiger partial charge in [0.25, 0.3) is 0 Å². The minimum absolute atomic E-state index is 0.597. The monoisotopic (exact) mass is 384 g/mol. The maximum Gasteiger partial charge on any atom is 0.111 e. The molecule has 0 spiro atoms. The number of imidazole rings is 1. The van der Waals surface area contributed by atoms with Crippen molar-refractivity contribution in [1.29, 1.82) is 0 Å². The van der Waals surface area contributed by atoms with Crippen molar-refractivity contribution in [2.45, 2.75) is 13.3 Å². The van der Waals surface area contributed by atoms with Gasteiger partial charge in [-0.1, -0.05) is 46.4 Å². The van der Waals surface area contributed by atoms with Gasteiger partial charge >= 0.3 is 0 Å². The third-order valence-corrected chi connectivity index (χ3v) is 4.41. The van der Waals surface area contributed by atoms with Gasteiger partial charge in [0.2, 0.25) is 0 Å². The highest BCUT2D eigenvalue weighted by atomic mass is 35.5. The summed E-state index contributed by atoms with van der Waals surface area (Å²) in [6.45, 7) is 1.95. The zero-order valence-electron chi connectivity index (χ0n) is 12.1. The second-order valence-electron chi connectivity index (χ2n) is 5.24. The van der Waals surface area contributed by atoms with Gasteiger partial charge in [-0.05, 0) is 48.9 Å². The van der Waals surface area contributed by atoms with Crippen molar-refractivity contribution < 1.29 is 0 Å². The van der Waals surface area contributed by atoms with Crippen LogP contribution in [0.3, 0.4) is 0 Å². The number of rotatable bonds is 3. The fourth-order valence-electron chi connectivity index (χ4n) is 2.45. The molecule has 3 aromatic rings. The smallest absolute Gasteiger partial charge is 0.111 e. The SMILES string of the molecule is Cc1[nH]c(Cc2cc(Cl)cc(Cl)c2)nc1-c1cc(Cl)ccc1Cl. The van der Waals surface area contributed by atoms with Crippen molar-refractivity contribution in [3.8, 4) is 11.3 Å². The molecule has 0 aliphatic rings. The van der Waals surface area contributed by atoms with Crippen LogP contribution >= 0.6 is 46.4 Å². The molecule has 3 rings (SSSR count). The Bertz CT molecular complexity index is 851. The minimum atomic E-state index is 0.597. The maximum atomic E-state index is 6.27. The van der Waals surface area contributed by atoms with Gasteiger partial charge in [0.1, 0.15) is 5.82 Å². The molecule has 0 aliphatic heterocycles. The van der Waals surface area contributed by atoms with Crippen LogP contribution in [0.4, 0.5) is 0 Å². The molecule has 23 heavy (non-hydrogen) atoms. The number of nitrogens with one attached hydrogen (secondary N) is 1. The van der Waals surface area contributed by atoms with Gasteiger partial charge in [-0.25, -0.2) is 4.98 Å². The number of halogens is 4. The standard InChI is InChI=1S/C17H12Cl4N2/c1-9-17(14-8-11(18)2-3-15(14)21)23-16(22-9)6-10-4-12(19)7-13(20)5-10/h2-5,7-8H,6H2,1H3,(H,22,23). The summed E-state index contributed by atoms with van der Waals surface area (Å²) in [4.78, 5) is 7.93. The molecule has 0 fully saturated rings. The van der Waals surface area contributed by atoms with Crippen LogP contribution in [0.15, 0.2) is 36.4 Å². The van der Waals surface area contributed by atoms with E-state index in [2.05, 4.69) is 9.97 Å². The topological polar surface area (TPSA) is 28.7 Å². The molecule has 0 radical (unpaired) electrons. The number of H-pyrrole nitrogens is 1. The van der Waals surface area contributed by atoms with E-state index in [1.165, 1.54) is 0 Å². The second kappa shape index (κ2) is 6.74. The van der Waals surface area contributed by atoms with E-state index < -0.39 is 0 Å². The Hall–Kier alpha value is -1.19. The molecule has 2 aromatic carbocycles. The lowest BCUT2D eigenvalue weighted by atomic mass is 10.1. The maximum absolute atomic E-state index is 6.27. The van der Waals surface area contributed by atoms with Crippen molar-refractivity contribution in [1.82, 2.24) is 9.97 Å². The number of aromatic amines is 1. The molecule has 0 saturated heterocycles. The van der Waals surface area contributed by atoms with Crippen LogP contribution in [0.2, 0.25) is 20.1 Å². The molecule has 0 saturated carbocycles. The third-order valence-electron chi connectivity index (χ3n) is 3.41. The van der Waals surface area contributed by atoms with Crippen LogP contribution in [0, 0.1) is 6.92 Å². The van der Waals surface area contributed by atoms with Crippen molar-refractivity contribution >= 4 is 46.4 Å². The van der Waals surface area contributed by atoms with Gasteiger partial charge in [0.05, 0.1) is 10.7 Å². The molecule has 0 aliphatic carbocycles. The van der Waals surface area contributed by atoms with E-state index in [0.717, 1.165) is 28.3 Å². The molecule has 6 heteroatoms. The first-order valence-electron chi connectivity index (χ1n) is 6.88. The van der Waals surface area contributed by atoms with Crippen LogP contribution in [-0.4, -0.2) is 9.97 Å². The third kappa shape index (κ3) is 3.84. The summed E-state index contributed by atoms with van der Waals surface area (Å²) in [5.74, 6) is 0.812. The molecule has 0 amide bonds. The van der Waals surface area contributed by atoms with Gasteiger partial charge < -0.3 is 4.98 Å². The summed E-state index contributed by atoms with van der Waals surface area (Å²) in [7, 11) is 0. The van der Waals surface area contributed by atoms with Crippen LogP contribution in [0.1, 0.15) is 17.1 Å². The quantitative estimate of drug-likeness (QED) is 0.541. The summed E-state index contributed by atoms with van der Waals surface area (Å²) in [6.07, 6.45) is 0.597. The zero-order valence-corrected chi connectivity index (χ0v) is 15.2. The molecule has 118 valence electrons. The van der Waals surface area contributed by atoms with Gasteiger partial charge in [-0.2, -0.15) is 0 Å². The Kier molecular flexibility index (Phi) is 4.88. The van der Waals surface area contributed by atoms with E-state index in [4.69, 9.17) is 46.4 Å². The largest absolute Gasteiger partial charge is 0.345 e. The molecule has 0 atom stereocenters. The van der Waals surface area contributed by atoms with Gasteiger partial charge in [0, 0.05) is 32.7 Å². The van der Waals surface area contributed by atoms with Crippen molar-refractivity contribution in [2.75, 3.05) is 0 Å². The second-order valence-corrected chi connectivity index (χ2v) is 6.95. The van der Waals surface area contributed by atoms with Gasteiger partial charge in [-0.3, -0.25) is 0 Å². The number of hydrogen-bond donors (Lipinski definition) is 1. The molecule has 2 nitrogen and oxygen atoms in total. The molecule has 1 N–H and O–H groups in total. The fourth-order valence-corrected chi connectivity index (χ4v) is 3.40.